The van der Waals surface area contributed by atoms with Crippen LogP contribution in [0.25, 0.3) is 0 Å². The van der Waals surface area contributed by atoms with Gasteiger partial charge in [0.2, 0.25) is 5.91 Å². The topological polar surface area (TPSA) is 107 Å². The van der Waals surface area contributed by atoms with Gasteiger partial charge < -0.3 is 20.4 Å². The number of benzene rings is 1. The number of carbonyl (C=O) groups is 3. The summed E-state index contributed by atoms with van der Waals surface area (Å²) >= 11 is 12.0. The summed E-state index contributed by atoms with van der Waals surface area (Å²) in [7, 11) is 0. The Bertz CT molecular complexity index is 733. The van der Waals surface area contributed by atoms with E-state index in [0.717, 1.165) is 31.6 Å². The predicted octanol–water partition coefficient (Wildman–Crippen LogP) is 4.23. The molecule has 0 radical (unpaired) electrons. The molecule has 1 fully saturated rings. The summed E-state index contributed by atoms with van der Waals surface area (Å²) < 4.78 is 0. The van der Waals surface area contributed by atoms with Gasteiger partial charge in [-0.25, -0.2) is 9.59 Å². The lowest BCUT2D eigenvalue weighted by molar-refractivity contribution is -0.134. The van der Waals surface area contributed by atoms with E-state index in [1.807, 2.05) is 11.0 Å². The largest absolute Gasteiger partial charge is 0.478 e. The quantitative estimate of drug-likeness (QED) is 0.503. The van der Waals surface area contributed by atoms with Gasteiger partial charge in [0.1, 0.15) is 0 Å². The molecule has 1 aliphatic heterocycles. The fraction of sp³-hybridized carbons (Fsp3) is 0.476. The number of nitrogens with zero attached hydrogens (tertiary/aromatic N) is 1. The smallest absolute Gasteiger partial charge is 0.328 e. The lowest BCUT2D eigenvalue weighted by Crippen LogP contribution is -2.33. The highest BCUT2D eigenvalue weighted by Gasteiger charge is 2.19. The van der Waals surface area contributed by atoms with Crippen LogP contribution in [0.3, 0.4) is 0 Å². The molecule has 0 spiro atoms. The van der Waals surface area contributed by atoms with E-state index in [1.165, 1.54) is 12.8 Å². The molecule has 0 aromatic heterocycles. The number of anilines is 1. The van der Waals surface area contributed by atoms with Crippen molar-refractivity contribution in [2.45, 2.75) is 39.0 Å². The van der Waals surface area contributed by atoms with E-state index in [1.54, 1.807) is 12.1 Å². The van der Waals surface area contributed by atoms with E-state index in [0.29, 0.717) is 41.1 Å². The molecule has 1 aliphatic rings. The van der Waals surface area contributed by atoms with Gasteiger partial charge in [-0.05, 0) is 62.9 Å². The van der Waals surface area contributed by atoms with Crippen molar-refractivity contribution in [2.24, 2.45) is 5.92 Å². The molecule has 1 aromatic rings. The van der Waals surface area contributed by atoms with Gasteiger partial charge in [-0.15, -0.1) is 0 Å². The lowest BCUT2D eigenvalue weighted by Gasteiger charge is -2.26. The number of halogens is 2. The van der Waals surface area contributed by atoms with Crippen molar-refractivity contribution in [1.29, 1.82) is 0 Å². The standard InChI is InChI=1S/C17H24Cl2N2O.C4H4O4/c1-2-11-21(14-4-5-15(18)16(19)12-14)17(22)6-3-13-7-9-20-10-8-13;5-3(6)1-2-4(7)8/h4-5,12-13,20H,2-3,6-11H2,1H3;1-2H,(H,5,6)(H,7,8)/b;2-1+. The molecule has 1 aromatic carbocycles. The Morgan fingerprint density at radius 3 is 2.20 bits per heavy atom. The van der Waals surface area contributed by atoms with Crippen LogP contribution < -0.4 is 10.2 Å². The molecule has 166 valence electrons. The van der Waals surface area contributed by atoms with Crippen LogP contribution in [0, 0.1) is 5.92 Å². The fourth-order valence-electron chi connectivity index (χ4n) is 3.05. The number of carboxylic acid groups (broad SMARTS) is 2. The first-order valence-electron chi connectivity index (χ1n) is 9.84. The van der Waals surface area contributed by atoms with Crippen LogP contribution in [0.4, 0.5) is 5.69 Å². The molecule has 3 N–H and O–H groups in total. The SMILES string of the molecule is CCCN(C(=O)CCC1CCNCC1)c1ccc(Cl)c(Cl)c1.O=C(O)/C=C/C(=O)O. The maximum absolute atomic E-state index is 12.6. The summed E-state index contributed by atoms with van der Waals surface area (Å²) in [4.78, 5) is 33.6. The van der Waals surface area contributed by atoms with Crippen LogP contribution in [0.1, 0.15) is 39.0 Å². The third-order valence-corrected chi connectivity index (χ3v) is 5.30. The number of piperidine rings is 1. The highest BCUT2D eigenvalue weighted by atomic mass is 35.5. The molecule has 1 heterocycles. The third kappa shape index (κ3) is 10.1. The van der Waals surface area contributed by atoms with Gasteiger partial charge in [0.05, 0.1) is 10.0 Å². The average molecular weight is 459 g/mol. The van der Waals surface area contributed by atoms with E-state index in [-0.39, 0.29) is 5.91 Å². The molecule has 1 saturated heterocycles. The highest BCUT2D eigenvalue weighted by molar-refractivity contribution is 6.42. The molecular weight excluding hydrogens is 431 g/mol. The molecular formula is C21H28Cl2N2O5. The number of carbonyl (C=O) groups excluding carboxylic acids is 1. The molecule has 0 atom stereocenters. The fourth-order valence-corrected chi connectivity index (χ4v) is 3.34. The normalized spacial score (nSPS) is 14.1. The molecule has 1 amide bonds. The summed E-state index contributed by atoms with van der Waals surface area (Å²) in [6, 6.07) is 5.40. The number of amides is 1. The van der Waals surface area contributed by atoms with Crippen molar-refractivity contribution in [2.75, 3.05) is 24.5 Å². The minimum Gasteiger partial charge on any atom is -0.478 e. The van der Waals surface area contributed by atoms with Gasteiger partial charge in [-0.1, -0.05) is 30.1 Å². The van der Waals surface area contributed by atoms with Gasteiger partial charge in [-0.3, -0.25) is 4.79 Å². The second-order valence-electron chi connectivity index (χ2n) is 6.89. The molecule has 0 saturated carbocycles. The first-order valence-corrected chi connectivity index (χ1v) is 10.6. The van der Waals surface area contributed by atoms with Crippen molar-refractivity contribution < 1.29 is 24.6 Å². The monoisotopic (exact) mass is 458 g/mol. The molecule has 0 aliphatic carbocycles. The molecule has 9 heteroatoms. The van der Waals surface area contributed by atoms with E-state index >= 15 is 0 Å². The van der Waals surface area contributed by atoms with E-state index in [9.17, 15) is 14.4 Å². The van der Waals surface area contributed by atoms with Gasteiger partial charge in [-0.2, -0.15) is 0 Å². The molecule has 2 rings (SSSR count). The summed E-state index contributed by atoms with van der Waals surface area (Å²) in [6.07, 6.45) is 5.96. The summed E-state index contributed by atoms with van der Waals surface area (Å²) in [5, 5.41) is 20.0. The Kier molecular flexibility index (Phi) is 12.1. The minimum atomic E-state index is -1.26. The van der Waals surface area contributed by atoms with Gasteiger partial charge in [0.25, 0.3) is 0 Å². The molecule has 0 bridgehead atoms. The summed E-state index contributed by atoms with van der Waals surface area (Å²) in [5.74, 6) is -1.67. The second kappa shape index (κ2) is 14.0. The Labute approximate surface area is 186 Å². The van der Waals surface area contributed by atoms with E-state index < -0.39 is 11.9 Å². The Balaban J connectivity index is 0.000000479. The summed E-state index contributed by atoms with van der Waals surface area (Å²) in [5.41, 5.74) is 0.839. The van der Waals surface area contributed by atoms with Crippen LogP contribution in [0.5, 0.6) is 0 Å². The Morgan fingerprint density at radius 2 is 1.70 bits per heavy atom. The Hall–Kier alpha value is -2.09. The number of hydrogen-bond acceptors (Lipinski definition) is 4. The van der Waals surface area contributed by atoms with Gasteiger partial charge in [0, 0.05) is 30.8 Å². The van der Waals surface area contributed by atoms with Crippen LogP contribution in [0.2, 0.25) is 10.0 Å². The number of hydrogen-bond donors (Lipinski definition) is 3. The van der Waals surface area contributed by atoms with Gasteiger partial charge in [0.15, 0.2) is 0 Å². The van der Waals surface area contributed by atoms with Crippen molar-refractivity contribution in [3.8, 4) is 0 Å². The van der Waals surface area contributed by atoms with Crippen molar-refractivity contribution in [1.82, 2.24) is 5.32 Å². The number of carboxylic acids is 2. The number of nitrogens with one attached hydrogen (secondary N) is 1. The van der Waals surface area contributed by atoms with Crippen LogP contribution in [-0.2, 0) is 14.4 Å². The highest BCUT2D eigenvalue weighted by Crippen LogP contribution is 2.28. The Morgan fingerprint density at radius 1 is 1.10 bits per heavy atom. The third-order valence-electron chi connectivity index (χ3n) is 4.56. The maximum Gasteiger partial charge on any atom is 0.328 e. The predicted molar refractivity (Wildman–Crippen MR) is 118 cm³/mol. The first-order chi connectivity index (χ1) is 14.2. The zero-order valence-electron chi connectivity index (χ0n) is 16.9. The van der Waals surface area contributed by atoms with Crippen LogP contribution in [0.15, 0.2) is 30.4 Å². The van der Waals surface area contributed by atoms with Crippen LogP contribution >= 0.6 is 23.2 Å². The van der Waals surface area contributed by atoms with Crippen molar-refractivity contribution >= 4 is 46.7 Å². The minimum absolute atomic E-state index is 0.179. The van der Waals surface area contributed by atoms with Crippen molar-refractivity contribution in [3.05, 3.63) is 40.4 Å². The van der Waals surface area contributed by atoms with E-state index in [2.05, 4.69) is 12.2 Å². The lowest BCUT2D eigenvalue weighted by atomic mass is 9.93. The number of aliphatic carboxylic acids is 2. The summed E-state index contributed by atoms with van der Waals surface area (Å²) in [6.45, 7) is 4.93. The zero-order valence-corrected chi connectivity index (χ0v) is 18.5. The van der Waals surface area contributed by atoms with Gasteiger partial charge >= 0.3 is 11.9 Å². The van der Waals surface area contributed by atoms with Crippen LogP contribution in [-0.4, -0.2) is 47.7 Å². The molecule has 7 nitrogen and oxygen atoms in total. The number of rotatable bonds is 8. The van der Waals surface area contributed by atoms with E-state index in [4.69, 9.17) is 33.4 Å². The first kappa shape index (κ1) is 25.9. The molecule has 30 heavy (non-hydrogen) atoms. The maximum atomic E-state index is 12.6. The second-order valence-corrected chi connectivity index (χ2v) is 7.70. The van der Waals surface area contributed by atoms with Crippen molar-refractivity contribution in [3.63, 3.8) is 0 Å². The zero-order chi connectivity index (χ0) is 22.5. The molecule has 0 unspecified atom stereocenters. The average Bonchev–Trinajstić information content (AvgIpc) is 2.72.